The molecule has 0 aliphatic heterocycles. The Morgan fingerprint density at radius 2 is 2.21 bits per heavy atom. The Bertz CT molecular complexity index is 363. The van der Waals surface area contributed by atoms with E-state index in [1.165, 1.54) is 34.9 Å². The smallest absolute Gasteiger partial charge is 0.0178 e. The summed E-state index contributed by atoms with van der Waals surface area (Å²) in [5, 5.41) is 0. The lowest BCUT2D eigenvalue weighted by Gasteiger charge is -2.19. The summed E-state index contributed by atoms with van der Waals surface area (Å²) in [6.07, 6.45) is 7.30. The molecule has 74 valence electrons. The number of hydrogen-bond donors (Lipinski definition) is 0. The van der Waals surface area contributed by atoms with E-state index in [1.54, 1.807) is 5.57 Å². The van der Waals surface area contributed by atoms with Gasteiger partial charge in [-0.2, -0.15) is 0 Å². The Kier molecular flexibility index (Phi) is 3.07. The molecular formula is C13H15Br. The van der Waals surface area contributed by atoms with Gasteiger partial charge in [0.05, 0.1) is 0 Å². The Morgan fingerprint density at radius 3 is 3.00 bits per heavy atom. The van der Waals surface area contributed by atoms with Gasteiger partial charge < -0.3 is 0 Å². The fourth-order valence-electron chi connectivity index (χ4n) is 2.14. The molecule has 14 heavy (non-hydrogen) atoms. The van der Waals surface area contributed by atoms with Crippen LogP contribution in [-0.4, -0.2) is 0 Å². The van der Waals surface area contributed by atoms with Gasteiger partial charge in [-0.25, -0.2) is 0 Å². The van der Waals surface area contributed by atoms with Crippen molar-refractivity contribution in [1.82, 2.24) is 0 Å². The van der Waals surface area contributed by atoms with E-state index in [-0.39, 0.29) is 0 Å². The number of hydrogen-bond acceptors (Lipinski definition) is 0. The predicted octanol–water partition coefficient (Wildman–Crippen LogP) is 4.58. The molecule has 0 bridgehead atoms. The molecule has 1 aliphatic carbocycles. The van der Waals surface area contributed by atoms with Crippen LogP contribution < -0.4 is 0 Å². The van der Waals surface area contributed by atoms with Crippen LogP contribution in [0.5, 0.6) is 0 Å². The lowest BCUT2D eigenvalue weighted by atomic mass is 9.87. The Balaban J connectivity index is 2.45. The quantitative estimate of drug-likeness (QED) is 0.685. The van der Waals surface area contributed by atoms with Gasteiger partial charge in [-0.3, -0.25) is 0 Å². The summed E-state index contributed by atoms with van der Waals surface area (Å²) in [7, 11) is 0. The lowest BCUT2D eigenvalue weighted by Crippen LogP contribution is -2.01. The third-order valence-corrected chi connectivity index (χ3v) is 3.25. The summed E-state index contributed by atoms with van der Waals surface area (Å²) in [5.41, 5.74) is 4.52. The molecule has 0 N–H and O–H groups in total. The van der Waals surface area contributed by atoms with Crippen molar-refractivity contribution in [2.75, 3.05) is 0 Å². The average Bonchev–Trinajstić information content (AvgIpc) is 2.18. The largest absolute Gasteiger partial charge is 0.0810 e. The molecule has 2 rings (SSSR count). The van der Waals surface area contributed by atoms with E-state index in [0.29, 0.717) is 0 Å². The van der Waals surface area contributed by atoms with E-state index in [4.69, 9.17) is 0 Å². The van der Waals surface area contributed by atoms with Gasteiger partial charge in [-0.05, 0) is 54.5 Å². The molecule has 0 spiro atoms. The first-order valence-corrected chi connectivity index (χ1v) is 6.08. The monoisotopic (exact) mass is 250 g/mol. The van der Waals surface area contributed by atoms with Gasteiger partial charge in [0.1, 0.15) is 0 Å². The third-order valence-electron chi connectivity index (χ3n) is 2.76. The van der Waals surface area contributed by atoms with Gasteiger partial charge in [-0.15, -0.1) is 0 Å². The van der Waals surface area contributed by atoms with Crippen molar-refractivity contribution in [3.63, 3.8) is 0 Å². The van der Waals surface area contributed by atoms with E-state index in [2.05, 4.69) is 47.1 Å². The van der Waals surface area contributed by atoms with Crippen molar-refractivity contribution in [2.45, 2.75) is 32.6 Å². The molecule has 1 heteroatoms. The van der Waals surface area contributed by atoms with Crippen LogP contribution in [0.2, 0.25) is 0 Å². The fraction of sp³-hybridized carbons (Fsp3) is 0.385. The average molecular weight is 251 g/mol. The summed E-state index contributed by atoms with van der Waals surface area (Å²) in [4.78, 5) is 0. The maximum Gasteiger partial charge on any atom is 0.0178 e. The topological polar surface area (TPSA) is 0 Å². The van der Waals surface area contributed by atoms with Crippen LogP contribution in [0.15, 0.2) is 28.7 Å². The normalized spacial score (nSPS) is 18.3. The van der Waals surface area contributed by atoms with Gasteiger partial charge in [-0.1, -0.05) is 35.0 Å². The van der Waals surface area contributed by atoms with Crippen molar-refractivity contribution in [2.24, 2.45) is 0 Å². The van der Waals surface area contributed by atoms with Gasteiger partial charge >= 0.3 is 0 Å². The summed E-state index contributed by atoms with van der Waals surface area (Å²) in [6, 6.07) is 6.66. The minimum atomic E-state index is 1.14. The van der Waals surface area contributed by atoms with Gasteiger partial charge in [0, 0.05) is 4.47 Å². The molecule has 0 saturated carbocycles. The van der Waals surface area contributed by atoms with Crippen LogP contribution in [0, 0.1) is 0 Å². The lowest BCUT2D eigenvalue weighted by molar-refractivity contribution is 0.819. The van der Waals surface area contributed by atoms with Crippen LogP contribution in [0.3, 0.4) is 0 Å². The van der Waals surface area contributed by atoms with Crippen LogP contribution in [0.25, 0.3) is 5.57 Å². The Labute approximate surface area is 94.2 Å². The zero-order chi connectivity index (χ0) is 9.97. The highest BCUT2D eigenvalue weighted by molar-refractivity contribution is 9.10. The Hall–Kier alpha value is -0.560. The highest BCUT2D eigenvalue weighted by Gasteiger charge is 2.13. The van der Waals surface area contributed by atoms with E-state index in [9.17, 15) is 0 Å². The van der Waals surface area contributed by atoms with Crippen LogP contribution in [0.4, 0.5) is 0 Å². The second-order valence-electron chi connectivity index (χ2n) is 3.79. The third kappa shape index (κ3) is 1.93. The number of rotatable bonds is 1. The van der Waals surface area contributed by atoms with Crippen molar-refractivity contribution < 1.29 is 0 Å². The SMILES string of the molecule is CC/C=C1\CCCc2cc(Br)ccc21. The summed E-state index contributed by atoms with van der Waals surface area (Å²) < 4.78 is 1.20. The molecule has 0 saturated heterocycles. The van der Waals surface area contributed by atoms with Gasteiger partial charge in [0.2, 0.25) is 0 Å². The molecule has 1 aliphatic rings. The molecule has 0 unspecified atom stereocenters. The molecule has 0 atom stereocenters. The molecule has 0 nitrogen and oxygen atoms in total. The predicted molar refractivity (Wildman–Crippen MR) is 65.3 cm³/mol. The van der Waals surface area contributed by atoms with E-state index in [1.807, 2.05) is 0 Å². The number of aryl methyl sites for hydroxylation is 1. The number of allylic oxidation sites excluding steroid dienone is 2. The second kappa shape index (κ2) is 4.31. The zero-order valence-corrected chi connectivity index (χ0v) is 10.1. The van der Waals surface area contributed by atoms with E-state index >= 15 is 0 Å². The van der Waals surface area contributed by atoms with Gasteiger partial charge in [0.25, 0.3) is 0 Å². The highest BCUT2D eigenvalue weighted by atomic mass is 79.9. The van der Waals surface area contributed by atoms with E-state index in [0.717, 1.165) is 6.42 Å². The van der Waals surface area contributed by atoms with E-state index < -0.39 is 0 Å². The van der Waals surface area contributed by atoms with Crippen LogP contribution in [-0.2, 0) is 6.42 Å². The standard InChI is InChI=1S/C13H15Br/c1-2-4-10-5-3-6-11-9-12(14)7-8-13(10)11/h4,7-9H,2-3,5-6H2,1H3/b10-4+. The van der Waals surface area contributed by atoms with Crippen LogP contribution in [0.1, 0.15) is 37.3 Å². The van der Waals surface area contributed by atoms with Gasteiger partial charge in [0.15, 0.2) is 0 Å². The van der Waals surface area contributed by atoms with Crippen molar-refractivity contribution in [3.05, 3.63) is 39.9 Å². The molecule has 0 radical (unpaired) electrons. The molecule has 1 aromatic rings. The minimum absolute atomic E-state index is 1.14. The van der Waals surface area contributed by atoms with Crippen molar-refractivity contribution in [3.8, 4) is 0 Å². The van der Waals surface area contributed by atoms with Crippen molar-refractivity contribution in [1.29, 1.82) is 0 Å². The molecular weight excluding hydrogens is 236 g/mol. The zero-order valence-electron chi connectivity index (χ0n) is 8.52. The summed E-state index contributed by atoms with van der Waals surface area (Å²) in [6.45, 7) is 2.21. The molecule has 0 fully saturated rings. The molecule has 0 amide bonds. The first-order chi connectivity index (χ1) is 6.81. The first kappa shape index (κ1) is 9.97. The van der Waals surface area contributed by atoms with Crippen molar-refractivity contribution >= 4 is 21.5 Å². The first-order valence-electron chi connectivity index (χ1n) is 5.29. The molecule has 1 aromatic carbocycles. The minimum Gasteiger partial charge on any atom is -0.0810 e. The molecule has 0 heterocycles. The number of halogens is 1. The highest BCUT2D eigenvalue weighted by Crippen LogP contribution is 2.32. The second-order valence-corrected chi connectivity index (χ2v) is 4.71. The number of benzene rings is 1. The summed E-state index contributed by atoms with van der Waals surface area (Å²) in [5.74, 6) is 0. The molecule has 0 aromatic heterocycles. The van der Waals surface area contributed by atoms with Crippen LogP contribution >= 0.6 is 15.9 Å². The number of fused-ring (bicyclic) bond motifs is 1. The maximum atomic E-state index is 3.53. The summed E-state index contributed by atoms with van der Waals surface area (Å²) >= 11 is 3.53. The maximum absolute atomic E-state index is 3.53. The fourth-order valence-corrected chi connectivity index (χ4v) is 2.55. The Morgan fingerprint density at radius 1 is 1.36 bits per heavy atom.